The fourth-order valence-electron chi connectivity index (χ4n) is 3.94. The molecule has 0 aliphatic carbocycles. The normalized spacial score (nSPS) is 18.3. The Labute approximate surface area is 192 Å². The average Bonchev–Trinajstić information content (AvgIpc) is 3.13. The van der Waals surface area contributed by atoms with Gasteiger partial charge in [-0.1, -0.05) is 35.6 Å². The fraction of sp³-hybridized carbons (Fsp3) is 0.304. The Morgan fingerprint density at radius 3 is 2.59 bits per heavy atom. The van der Waals surface area contributed by atoms with E-state index in [9.17, 15) is 13.2 Å². The molecule has 0 spiro atoms. The predicted molar refractivity (Wildman–Crippen MR) is 127 cm³/mol. The number of fused-ring (bicyclic) bond motifs is 1. The van der Waals surface area contributed by atoms with Crippen molar-refractivity contribution < 1.29 is 17.9 Å². The lowest BCUT2D eigenvalue weighted by molar-refractivity contribution is -0.114. The lowest BCUT2D eigenvalue weighted by Crippen LogP contribution is -2.43. The second-order valence-electron chi connectivity index (χ2n) is 7.92. The third-order valence-electron chi connectivity index (χ3n) is 5.75. The van der Waals surface area contributed by atoms with Crippen LogP contribution in [-0.2, 0) is 25.2 Å². The van der Waals surface area contributed by atoms with Gasteiger partial charge in [0.15, 0.2) is 5.13 Å². The average molecular weight is 472 g/mol. The summed E-state index contributed by atoms with van der Waals surface area (Å²) in [6, 6.07) is 14.2. The Morgan fingerprint density at radius 1 is 1.22 bits per heavy atom. The van der Waals surface area contributed by atoms with Crippen LogP contribution in [0.25, 0.3) is 10.4 Å². The summed E-state index contributed by atoms with van der Waals surface area (Å²) in [5.74, 6) is -0.176. The van der Waals surface area contributed by atoms with Crippen LogP contribution in [0.2, 0.25) is 0 Å². The van der Waals surface area contributed by atoms with Crippen LogP contribution in [0.3, 0.4) is 0 Å². The van der Waals surface area contributed by atoms with Crippen LogP contribution in [0.15, 0.2) is 53.4 Å². The Hall–Kier alpha value is -2.75. The molecule has 0 saturated carbocycles. The summed E-state index contributed by atoms with van der Waals surface area (Å²) in [6.07, 6.45) is 0.519. The van der Waals surface area contributed by atoms with Crippen LogP contribution >= 0.6 is 11.3 Å². The number of hydrogen-bond donors (Lipinski definition) is 1. The number of amides is 1. The van der Waals surface area contributed by atoms with Crippen LogP contribution in [0.1, 0.15) is 31.5 Å². The minimum Gasteiger partial charge on any atom is -0.374 e. The molecular formula is C23H25N3O4S2. The van der Waals surface area contributed by atoms with Crippen molar-refractivity contribution in [1.82, 2.24) is 4.98 Å². The standard InChI is InChI=1S/C23H25N3O4S2/c1-15-21(31-22(24-15)25-16(2)27)17-10-11-20-19(14-17)23(3,30-4)12-13-26(20)32(28,29)18-8-6-5-7-9-18/h5-11,14H,12-13H2,1-4H3,(H,24,25,27). The molecule has 1 N–H and O–H groups in total. The molecule has 1 amide bonds. The minimum absolute atomic E-state index is 0.176. The zero-order chi connectivity index (χ0) is 23.1. The SMILES string of the molecule is COC1(C)CCN(S(=O)(=O)c2ccccc2)c2ccc(-c3sc(NC(C)=O)nc3C)cc21. The molecule has 7 nitrogen and oxygen atoms in total. The largest absolute Gasteiger partial charge is 0.374 e. The number of aromatic nitrogens is 1. The smallest absolute Gasteiger partial charge is 0.264 e. The van der Waals surface area contributed by atoms with Crippen molar-refractivity contribution >= 4 is 38.1 Å². The zero-order valence-electron chi connectivity index (χ0n) is 18.4. The first-order chi connectivity index (χ1) is 15.2. The number of nitrogens with one attached hydrogen (secondary N) is 1. The fourth-order valence-corrected chi connectivity index (χ4v) is 6.45. The van der Waals surface area contributed by atoms with E-state index in [1.807, 2.05) is 32.0 Å². The molecule has 4 rings (SSSR count). The van der Waals surface area contributed by atoms with Gasteiger partial charge in [0.05, 0.1) is 26.8 Å². The van der Waals surface area contributed by atoms with Crippen molar-refractivity contribution in [2.75, 3.05) is 23.3 Å². The molecule has 1 aromatic heterocycles. The predicted octanol–water partition coefficient (Wildman–Crippen LogP) is 4.54. The van der Waals surface area contributed by atoms with Crippen LogP contribution in [0.5, 0.6) is 0 Å². The monoisotopic (exact) mass is 471 g/mol. The number of ether oxygens (including phenoxy) is 1. The van der Waals surface area contributed by atoms with Crippen LogP contribution in [0, 0.1) is 6.92 Å². The first-order valence-electron chi connectivity index (χ1n) is 10.2. The molecule has 168 valence electrons. The van der Waals surface area contributed by atoms with Gasteiger partial charge in [-0.05, 0) is 50.1 Å². The number of sulfonamides is 1. The van der Waals surface area contributed by atoms with Crippen molar-refractivity contribution in [3.63, 3.8) is 0 Å². The molecule has 32 heavy (non-hydrogen) atoms. The number of hydrogen-bond acceptors (Lipinski definition) is 6. The molecular weight excluding hydrogens is 446 g/mol. The first-order valence-corrected chi connectivity index (χ1v) is 12.4. The highest BCUT2D eigenvalue weighted by molar-refractivity contribution is 7.92. The van der Waals surface area contributed by atoms with Gasteiger partial charge in [-0.2, -0.15) is 0 Å². The van der Waals surface area contributed by atoms with E-state index in [1.165, 1.54) is 22.6 Å². The summed E-state index contributed by atoms with van der Waals surface area (Å²) in [5.41, 5.74) is 2.47. The lowest BCUT2D eigenvalue weighted by Gasteiger charge is -2.40. The number of aryl methyl sites for hydroxylation is 1. The molecule has 1 atom stereocenters. The van der Waals surface area contributed by atoms with Gasteiger partial charge in [0, 0.05) is 26.1 Å². The maximum absolute atomic E-state index is 13.4. The zero-order valence-corrected chi connectivity index (χ0v) is 20.0. The third-order valence-corrected chi connectivity index (χ3v) is 8.70. The van der Waals surface area contributed by atoms with E-state index >= 15 is 0 Å². The highest BCUT2D eigenvalue weighted by Crippen LogP contribution is 2.45. The second kappa shape index (κ2) is 8.31. The summed E-state index contributed by atoms with van der Waals surface area (Å²) in [6.45, 7) is 5.63. The Bertz CT molecular complexity index is 1270. The number of rotatable bonds is 5. The molecule has 0 saturated heterocycles. The molecule has 9 heteroatoms. The molecule has 0 bridgehead atoms. The van der Waals surface area contributed by atoms with Gasteiger partial charge in [0.2, 0.25) is 5.91 Å². The third kappa shape index (κ3) is 3.92. The van der Waals surface area contributed by atoms with Crippen LogP contribution < -0.4 is 9.62 Å². The topological polar surface area (TPSA) is 88.6 Å². The summed E-state index contributed by atoms with van der Waals surface area (Å²) >= 11 is 1.39. The number of nitrogens with zero attached hydrogens (tertiary/aromatic N) is 2. The summed E-state index contributed by atoms with van der Waals surface area (Å²) in [7, 11) is -2.06. The molecule has 0 fully saturated rings. The van der Waals surface area contributed by atoms with E-state index in [4.69, 9.17) is 4.74 Å². The van der Waals surface area contributed by atoms with E-state index in [-0.39, 0.29) is 10.8 Å². The maximum Gasteiger partial charge on any atom is 0.264 e. The summed E-state index contributed by atoms with van der Waals surface area (Å²) in [4.78, 5) is 17.0. The Kier molecular flexibility index (Phi) is 5.83. The van der Waals surface area contributed by atoms with Crippen molar-refractivity contribution in [2.45, 2.75) is 37.7 Å². The van der Waals surface area contributed by atoms with E-state index in [0.717, 1.165) is 21.7 Å². The molecule has 1 aliphatic rings. The number of thiazole rings is 1. The number of anilines is 2. The Balaban J connectivity index is 1.82. The van der Waals surface area contributed by atoms with Crippen LogP contribution in [-0.4, -0.2) is 33.0 Å². The van der Waals surface area contributed by atoms with Gasteiger partial charge in [-0.25, -0.2) is 13.4 Å². The molecule has 1 aliphatic heterocycles. The number of carbonyl (C=O) groups is 1. The highest BCUT2D eigenvalue weighted by atomic mass is 32.2. The summed E-state index contributed by atoms with van der Waals surface area (Å²) < 4.78 is 34.1. The second-order valence-corrected chi connectivity index (χ2v) is 10.8. The minimum atomic E-state index is -3.71. The highest BCUT2D eigenvalue weighted by Gasteiger charge is 2.40. The number of carbonyl (C=O) groups excluding carboxylic acids is 1. The van der Waals surface area contributed by atoms with Crippen LogP contribution in [0.4, 0.5) is 10.8 Å². The molecule has 1 unspecified atom stereocenters. The van der Waals surface area contributed by atoms with Gasteiger partial charge in [-0.15, -0.1) is 0 Å². The van der Waals surface area contributed by atoms with Gasteiger partial charge in [-0.3, -0.25) is 9.10 Å². The number of methoxy groups -OCH3 is 1. The van der Waals surface area contributed by atoms with Crippen molar-refractivity contribution in [2.24, 2.45) is 0 Å². The quantitative estimate of drug-likeness (QED) is 0.590. The molecule has 3 aromatic rings. The maximum atomic E-state index is 13.4. The van der Waals surface area contributed by atoms with Crippen molar-refractivity contribution in [1.29, 1.82) is 0 Å². The van der Waals surface area contributed by atoms with Crippen molar-refractivity contribution in [3.8, 4) is 10.4 Å². The molecule has 2 aromatic carbocycles. The van der Waals surface area contributed by atoms with Gasteiger partial charge < -0.3 is 10.1 Å². The van der Waals surface area contributed by atoms with Gasteiger partial charge in [0.1, 0.15) is 0 Å². The number of benzene rings is 2. The summed E-state index contributed by atoms with van der Waals surface area (Å²) in [5, 5.41) is 3.26. The first kappa shape index (κ1) is 22.4. The molecule has 0 radical (unpaired) electrons. The Morgan fingerprint density at radius 2 is 1.94 bits per heavy atom. The van der Waals surface area contributed by atoms with Gasteiger partial charge >= 0.3 is 0 Å². The van der Waals surface area contributed by atoms with E-state index in [2.05, 4.69) is 10.3 Å². The van der Waals surface area contributed by atoms with E-state index < -0.39 is 15.6 Å². The van der Waals surface area contributed by atoms with Crippen molar-refractivity contribution in [3.05, 3.63) is 59.8 Å². The van der Waals surface area contributed by atoms with E-state index in [0.29, 0.717) is 23.8 Å². The lowest BCUT2D eigenvalue weighted by atomic mass is 9.86. The molecule has 2 heterocycles. The van der Waals surface area contributed by atoms with E-state index in [1.54, 1.807) is 37.4 Å². The van der Waals surface area contributed by atoms with Gasteiger partial charge in [0.25, 0.3) is 10.0 Å².